The summed E-state index contributed by atoms with van der Waals surface area (Å²) in [5.74, 6) is 0.942. The normalized spacial score (nSPS) is 18.2. The predicted octanol–water partition coefficient (Wildman–Crippen LogP) is 1.64. The number of hydrogen-bond donors (Lipinski definition) is 2. The van der Waals surface area contributed by atoms with E-state index in [9.17, 15) is 8.42 Å². The fourth-order valence-corrected chi connectivity index (χ4v) is 4.41. The van der Waals surface area contributed by atoms with Crippen molar-refractivity contribution in [3.05, 3.63) is 29.6 Å². The Kier molecular flexibility index (Phi) is 4.47. The minimum atomic E-state index is -3.67. The van der Waals surface area contributed by atoms with E-state index in [0.717, 1.165) is 36.2 Å². The number of nitrogens with one attached hydrogen (secondary N) is 1. The van der Waals surface area contributed by atoms with Gasteiger partial charge in [0.05, 0.1) is 5.52 Å². The van der Waals surface area contributed by atoms with E-state index in [2.05, 4.69) is 52.5 Å². The SMILES string of the molecule is Cc1cc2ncnc(N3CC(C)(CC(C)NS(N)(=O)=O)C3)c2cc1C. The van der Waals surface area contributed by atoms with Gasteiger partial charge in [-0.05, 0) is 50.5 Å². The van der Waals surface area contributed by atoms with E-state index in [4.69, 9.17) is 5.14 Å². The summed E-state index contributed by atoms with van der Waals surface area (Å²) in [5.41, 5.74) is 3.41. The van der Waals surface area contributed by atoms with Crippen molar-refractivity contribution in [3.8, 4) is 0 Å². The first-order chi connectivity index (χ1) is 11.6. The molecule has 0 aliphatic carbocycles. The van der Waals surface area contributed by atoms with Gasteiger partial charge in [-0.25, -0.2) is 15.1 Å². The smallest absolute Gasteiger partial charge is 0.274 e. The highest BCUT2D eigenvalue weighted by Gasteiger charge is 2.41. The van der Waals surface area contributed by atoms with E-state index in [0.29, 0.717) is 0 Å². The van der Waals surface area contributed by atoms with Gasteiger partial charge in [-0.2, -0.15) is 13.1 Å². The molecule has 1 aliphatic rings. The van der Waals surface area contributed by atoms with E-state index in [-0.39, 0.29) is 11.5 Å². The fraction of sp³-hybridized carbons (Fsp3) is 0.529. The first kappa shape index (κ1) is 18.0. The van der Waals surface area contributed by atoms with Crippen LogP contribution in [0, 0.1) is 19.3 Å². The van der Waals surface area contributed by atoms with Crippen LogP contribution in [0.1, 0.15) is 31.4 Å². The number of anilines is 1. The van der Waals surface area contributed by atoms with Crippen molar-refractivity contribution in [2.24, 2.45) is 10.6 Å². The number of aromatic nitrogens is 2. The molecule has 1 atom stereocenters. The second kappa shape index (κ2) is 6.19. The lowest BCUT2D eigenvalue weighted by atomic mass is 9.77. The third-order valence-electron chi connectivity index (χ3n) is 4.84. The van der Waals surface area contributed by atoms with E-state index in [1.807, 2.05) is 6.92 Å². The molecule has 1 unspecified atom stereocenters. The van der Waals surface area contributed by atoms with Crippen molar-refractivity contribution >= 4 is 26.9 Å². The standard InChI is InChI=1S/C17H25N5O2S/c1-11-5-14-15(6-12(11)2)19-10-20-16(14)22-8-17(4,9-22)7-13(3)21-25(18,23)24/h5-6,10,13,21H,7-9H2,1-4H3,(H2,18,23,24). The Balaban J connectivity index is 1.76. The molecule has 1 saturated heterocycles. The molecule has 3 rings (SSSR count). The van der Waals surface area contributed by atoms with Crippen LogP contribution in [0.2, 0.25) is 0 Å². The first-order valence-electron chi connectivity index (χ1n) is 8.33. The molecule has 0 radical (unpaired) electrons. The van der Waals surface area contributed by atoms with E-state index >= 15 is 0 Å². The molecule has 0 bridgehead atoms. The summed E-state index contributed by atoms with van der Waals surface area (Å²) in [6.07, 6.45) is 2.33. The Hall–Kier alpha value is -1.77. The van der Waals surface area contributed by atoms with Gasteiger partial charge in [0.15, 0.2) is 0 Å². The van der Waals surface area contributed by atoms with Gasteiger partial charge >= 0.3 is 0 Å². The fourth-order valence-electron chi connectivity index (χ4n) is 3.77. The molecular formula is C17H25N5O2S. The van der Waals surface area contributed by atoms with Gasteiger partial charge in [0.25, 0.3) is 10.2 Å². The van der Waals surface area contributed by atoms with Crippen LogP contribution < -0.4 is 14.8 Å². The van der Waals surface area contributed by atoms with Gasteiger partial charge in [0, 0.05) is 29.9 Å². The monoisotopic (exact) mass is 363 g/mol. The topological polar surface area (TPSA) is 101 Å². The molecule has 1 fully saturated rings. The van der Waals surface area contributed by atoms with Crippen LogP contribution in [0.3, 0.4) is 0 Å². The number of hydrogen-bond acceptors (Lipinski definition) is 5. The zero-order chi connectivity index (χ0) is 18.4. The van der Waals surface area contributed by atoms with E-state index in [1.54, 1.807) is 6.33 Å². The zero-order valence-corrected chi connectivity index (χ0v) is 15.9. The van der Waals surface area contributed by atoms with Crippen LogP contribution in [0.15, 0.2) is 18.5 Å². The van der Waals surface area contributed by atoms with Crippen molar-refractivity contribution in [1.29, 1.82) is 0 Å². The molecule has 1 aromatic carbocycles. The number of nitrogens with zero attached hydrogens (tertiary/aromatic N) is 3. The number of benzene rings is 1. The molecule has 7 nitrogen and oxygen atoms in total. The van der Waals surface area contributed by atoms with Crippen molar-refractivity contribution in [3.63, 3.8) is 0 Å². The highest BCUT2D eigenvalue weighted by Crippen LogP contribution is 2.39. The van der Waals surface area contributed by atoms with Crippen LogP contribution in [-0.4, -0.2) is 37.5 Å². The summed E-state index contributed by atoms with van der Waals surface area (Å²) < 4.78 is 24.8. The largest absolute Gasteiger partial charge is 0.355 e. The molecule has 25 heavy (non-hydrogen) atoms. The van der Waals surface area contributed by atoms with Crippen LogP contribution in [-0.2, 0) is 10.2 Å². The van der Waals surface area contributed by atoms with Crippen molar-refractivity contribution in [2.45, 2.75) is 40.2 Å². The maximum Gasteiger partial charge on any atom is 0.274 e. The number of rotatable bonds is 5. The molecule has 2 heterocycles. The lowest BCUT2D eigenvalue weighted by Gasteiger charge is -2.50. The number of nitrogens with two attached hydrogens (primary N) is 1. The molecule has 8 heteroatoms. The Morgan fingerprint density at radius 1 is 1.28 bits per heavy atom. The molecular weight excluding hydrogens is 338 g/mol. The molecule has 2 aromatic rings. The number of fused-ring (bicyclic) bond motifs is 1. The Bertz CT molecular complexity index is 907. The van der Waals surface area contributed by atoms with Crippen molar-refractivity contribution < 1.29 is 8.42 Å². The lowest BCUT2D eigenvalue weighted by Crippen LogP contribution is -2.57. The molecule has 1 aliphatic heterocycles. The molecule has 1 aromatic heterocycles. The quantitative estimate of drug-likeness (QED) is 0.841. The van der Waals surface area contributed by atoms with Crippen molar-refractivity contribution in [2.75, 3.05) is 18.0 Å². The minimum Gasteiger partial charge on any atom is -0.355 e. The maximum absolute atomic E-state index is 11.2. The summed E-state index contributed by atoms with van der Waals surface area (Å²) in [5, 5.41) is 6.11. The lowest BCUT2D eigenvalue weighted by molar-refractivity contribution is 0.205. The summed E-state index contributed by atoms with van der Waals surface area (Å²) in [4.78, 5) is 11.1. The number of aryl methyl sites for hydroxylation is 2. The van der Waals surface area contributed by atoms with Gasteiger partial charge in [0.2, 0.25) is 0 Å². The van der Waals surface area contributed by atoms with Gasteiger partial charge in [0.1, 0.15) is 12.1 Å². The first-order valence-corrected chi connectivity index (χ1v) is 9.88. The van der Waals surface area contributed by atoms with Crippen LogP contribution in [0.5, 0.6) is 0 Å². The Morgan fingerprint density at radius 2 is 1.92 bits per heavy atom. The van der Waals surface area contributed by atoms with Crippen molar-refractivity contribution in [1.82, 2.24) is 14.7 Å². The Morgan fingerprint density at radius 3 is 2.56 bits per heavy atom. The average Bonchev–Trinajstić information content (AvgIpc) is 2.43. The van der Waals surface area contributed by atoms with Gasteiger partial charge in [-0.3, -0.25) is 0 Å². The van der Waals surface area contributed by atoms with Gasteiger partial charge in [-0.1, -0.05) is 6.92 Å². The second-order valence-corrected chi connectivity index (χ2v) is 8.91. The third kappa shape index (κ3) is 3.91. The van der Waals surface area contributed by atoms with Crippen LogP contribution in [0.4, 0.5) is 5.82 Å². The average molecular weight is 363 g/mol. The molecule has 0 spiro atoms. The predicted molar refractivity (Wildman–Crippen MR) is 99.7 cm³/mol. The van der Waals surface area contributed by atoms with E-state index in [1.165, 1.54) is 11.1 Å². The zero-order valence-electron chi connectivity index (χ0n) is 15.1. The van der Waals surface area contributed by atoms with Crippen LogP contribution >= 0.6 is 0 Å². The Labute approximate surface area is 148 Å². The molecule has 3 N–H and O–H groups in total. The van der Waals surface area contributed by atoms with Gasteiger partial charge < -0.3 is 4.90 Å². The van der Waals surface area contributed by atoms with Crippen LogP contribution in [0.25, 0.3) is 10.9 Å². The highest BCUT2D eigenvalue weighted by molar-refractivity contribution is 7.87. The summed E-state index contributed by atoms with van der Waals surface area (Å²) >= 11 is 0. The molecule has 136 valence electrons. The summed E-state index contributed by atoms with van der Waals surface area (Å²) in [6.45, 7) is 9.81. The highest BCUT2D eigenvalue weighted by atomic mass is 32.2. The molecule has 0 amide bonds. The summed E-state index contributed by atoms with van der Waals surface area (Å²) in [7, 11) is -3.67. The van der Waals surface area contributed by atoms with E-state index < -0.39 is 10.2 Å². The molecule has 0 saturated carbocycles. The third-order valence-corrected chi connectivity index (χ3v) is 5.57. The maximum atomic E-state index is 11.2. The second-order valence-electron chi connectivity index (χ2n) is 7.59. The van der Waals surface area contributed by atoms with Gasteiger partial charge in [-0.15, -0.1) is 0 Å². The minimum absolute atomic E-state index is 0.0219. The summed E-state index contributed by atoms with van der Waals surface area (Å²) in [6, 6.07) is 4.03.